The number of rotatable bonds is 7. The Bertz CT molecular complexity index is 1000. The molecule has 0 fully saturated rings. The summed E-state index contributed by atoms with van der Waals surface area (Å²) in [5, 5.41) is 8.29. The van der Waals surface area contributed by atoms with E-state index in [9.17, 15) is 9.59 Å². The first-order valence-corrected chi connectivity index (χ1v) is 9.46. The van der Waals surface area contributed by atoms with Crippen molar-refractivity contribution in [3.63, 3.8) is 0 Å². The number of ether oxygens (including phenoxy) is 3. The van der Waals surface area contributed by atoms with Crippen LogP contribution in [-0.2, 0) is 9.59 Å². The first-order chi connectivity index (χ1) is 14.5. The molecule has 0 spiro atoms. The summed E-state index contributed by atoms with van der Waals surface area (Å²) < 4.78 is 15.8. The lowest BCUT2D eigenvalue weighted by molar-refractivity contribution is -0.132. The Morgan fingerprint density at radius 2 is 1.80 bits per heavy atom. The average molecular weight is 409 g/mol. The Morgan fingerprint density at radius 1 is 1.13 bits per heavy atom. The minimum Gasteiger partial charge on any atom is -0.493 e. The van der Waals surface area contributed by atoms with Crippen molar-refractivity contribution in [1.82, 2.24) is 0 Å². The van der Waals surface area contributed by atoms with Crippen molar-refractivity contribution < 1.29 is 23.8 Å². The standard InChI is InChI=1S/C22H23N3O5/c1-5-10-25-17-9-7-6-8-16(17)20(22(25)27)24-23-13-15-11-18(28-3)21(30-14(2)26)19(12-15)29-4/h6-9,11-13H,5,10H2,1-4H3/b23-13-,24-20+. The number of carbonyl (C=O) groups excluding carboxylic acids is 2. The second-order valence-electron chi connectivity index (χ2n) is 6.52. The molecule has 0 unspecified atom stereocenters. The van der Waals surface area contributed by atoms with Crippen LogP contribution in [-0.4, -0.2) is 44.6 Å². The molecule has 8 heteroatoms. The molecule has 0 N–H and O–H groups in total. The molecule has 0 aliphatic carbocycles. The van der Waals surface area contributed by atoms with Gasteiger partial charge in [0, 0.05) is 24.6 Å². The lowest BCUT2D eigenvalue weighted by atomic mass is 10.1. The highest BCUT2D eigenvalue weighted by Crippen LogP contribution is 2.38. The van der Waals surface area contributed by atoms with Crippen LogP contribution in [0.25, 0.3) is 0 Å². The van der Waals surface area contributed by atoms with Gasteiger partial charge in [-0.1, -0.05) is 25.1 Å². The smallest absolute Gasteiger partial charge is 0.308 e. The summed E-state index contributed by atoms with van der Waals surface area (Å²) in [6.07, 6.45) is 2.32. The maximum Gasteiger partial charge on any atom is 0.308 e. The predicted octanol–water partition coefficient (Wildman–Crippen LogP) is 3.21. The van der Waals surface area contributed by atoms with Gasteiger partial charge in [-0.2, -0.15) is 5.10 Å². The van der Waals surface area contributed by atoms with Crippen LogP contribution in [0.5, 0.6) is 17.2 Å². The summed E-state index contributed by atoms with van der Waals surface area (Å²) >= 11 is 0. The molecular formula is C22H23N3O5. The van der Waals surface area contributed by atoms with E-state index in [1.54, 1.807) is 17.0 Å². The van der Waals surface area contributed by atoms with E-state index in [2.05, 4.69) is 10.2 Å². The number of anilines is 1. The van der Waals surface area contributed by atoms with E-state index >= 15 is 0 Å². The van der Waals surface area contributed by atoms with Crippen molar-refractivity contribution in [3.8, 4) is 17.2 Å². The summed E-state index contributed by atoms with van der Waals surface area (Å²) in [5.74, 6) is 0.154. The summed E-state index contributed by atoms with van der Waals surface area (Å²) in [4.78, 5) is 25.8. The Morgan fingerprint density at radius 3 is 2.40 bits per heavy atom. The van der Waals surface area contributed by atoms with Crippen LogP contribution in [0.15, 0.2) is 46.6 Å². The molecule has 2 aromatic carbocycles. The van der Waals surface area contributed by atoms with Crippen LogP contribution < -0.4 is 19.1 Å². The topological polar surface area (TPSA) is 89.8 Å². The second kappa shape index (κ2) is 9.21. The van der Waals surface area contributed by atoms with Crippen molar-refractivity contribution in [2.24, 2.45) is 10.2 Å². The minimum atomic E-state index is -0.491. The van der Waals surface area contributed by atoms with E-state index in [4.69, 9.17) is 14.2 Å². The van der Waals surface area contributed by atoms with E-state index < -0.39 is 5.97 Å². The van der Waals surface area contributed by atoms with Gasteiger partial charge in [-0.15, -0.1) is 5.10 Å². The fraction of sp³-hybridized carbons (Fsp3) is 0.273. The number of methoxy groups -OCH3 is 2. The molecule has 8 nitrogen and oxygen atoms in total. The van der Waals surface area contributed by atoms with Crippen LogP contribution in [0.4, 0.5) is 5.69 Å². The zero-order chi connectivity index (χ0) is 21.7. The van der Waals surface area contributed by atoms with Crippen LogP contribution in [0.1, 0.15) is 31.4 Å². The van der Waals surface area contributed by atoms with Crippen LogP contribution in [0, 0.1) is 0 Å². The number of carbonyl (C=O) groups is 2. The first kappa shape index (κ1) is 21.0. The summed E-state index contributed by atoms with van der Waals surface area (Å²) in [7, 11) is 2.92. The molecule has 1 aliphatic heterocycles. The molecule has 0 radical (unpaired) electrons. The maximum absolute atomic E-state index is 12.8. The number of hydrogen-bond donors (Lipinski definition) is 0. The number of nitrogens with zero attached hydrogens (tertiary/aromatic N) is 3. The van der Waals surface area contributed by atoms with Crippen molar-refractivity contribution >= 4 is 29.5 Å². The Kier molecular flexibility index (Phi) is 6.46. The first-order valence-electron chi connectivity index (χ1n) is 9.46. The number of hydrogen-bond acceptors (Lipinski definition) is 7. The number of amides is 1. The molecule has 0 saturated carbocycles. The van der Waals surface area contributed by atoms with E-state index in [1.807, 2.05) is 31.2 Å². The van der Waals surface area contributed by atoms with Crippen molar-refractivity contribution in [2.75, 3.05) is 25.7 Å². The second-order valence-corrected chi connectivity index (χ2v) is 6.52. The molecule has 0 aromatic heterocycles. The van der Waals surface area contributed by atoms with Gasteiger partial charge >= 0.3 is 5.97 Å². The van der Waals surface area contributed by atoms with Gasteiger partial charge in [0.25, 0.3) is 5.91 Å². The van der Waals surface area contributed by atoms with Crippen molar-refractivity contribution in [2.45, 2.75) is 20.3 Å². The summed E-state index contributed by atoms with van der Waals surface area (Å²) in [6.45, 7) is 3.93. The zero-order valence-corrected chi connectivity index (χ0v) is 17.3. The highest BCUT2D eigenvalue weighted by molar-refractivity contribution is 6.54. The number of fused-ring (bicyclic) bond motifs is 1. The van der Waals surface area contributed by atoms with Crippen molar-refractivity contribution in [3.05, 3.63) is 47.5 Å². The third kappa shape index (κ3) is 4.17. The van der Waals surface area contributed by atoms with E-state index in [0.29, 0.717) is 29.3 Å². The Balaban J connectivity index is 1.93. The van der Waals surface area contributed by atoms with Crippen LogP contribution in [0.2, 0.25) is 0 Å². The number of esters is 1. The highest BCUT2D eigenvalue weighted by atomic mass is 16.6. The third-order valence-electron chi connectivity index (χ3n) is 4.44. The Labute approximate surface area is 174 Å². The summed E-state index contributed by atoms with van der Waals surface area (Å²) in [6, 6.07) is 10.8. The quantitative estimate of drug-likeness (QED) is 0.303. The Hall–Kier alpha value is -3.68. The fourth-order valence-corrected chi connectivity index (χ4v) is 3.18. The molecule has 30 heavy (non-hydrogen) atoms. The van der Waals surface area contributed by atoms with Gasteiger partial charge in [0.2, 0.25) is 5.75 Å². The molecule has 1 heterocycles. The molecule has 2 aromatic rings. The summed E-state index contributed by atoms with van der Waals surface area (Å²) in [5.41, 5.74) is 2.50. The lowest BCUT2D eigenvalue weighted by Crippen LogP contribution is -2.30. The fourth-order valence-electron chi connectivity index (χ4n) is 3.18. The van der Waals surface area contributed by atoms with E-state index in [1.165, 1.54) is 27.4 Å². The van der Waals surface area contributed by atoms with Crippen LogP contribution in [0.3, 0.4) is 0 Å². The molecular weight excluding hydrogens is 386 g/mol. The van der Waals surface area contributed by atoms with Crippen molar-refractivity contribution in [1.29, 1.82) is 0 Å². The van der Waals surface area contributed by atoms with Gasteiger partial charge < -0.3 is 19.1 Å². The molecule has 1 aliphatic rings. The molecule has 156 valence electrons. The normalized spacial score (nSPS) is 14.3. The van der Waals surface area contributed by atoms with E-state index in [0.717, 1.165) is 17.7 Å². The average Bonchev–Trinajstić information content (AvgIpc) is 3.00. The predicted molar refractivity (Wildman–Crippen MR) is 114 cm³/mol. The third-order valence-corrected chi connectivity index (χ3v) is 4.44. The SMILES string of the molecule is CCCN1C(=O)/C(=N/N=C\c2cc(OC)c(OC(C)=O)c(OC)c2)c2ccccc21. The monoisotopic (exact) mass is 409 g/mol. The molecule has 3 rings (SSSR count). The molecule has 0 saturated heterocycles. The van der Waals surface area contributed by atoms with Gasteiger partial charge in [0.05, 0.1) is 26.1 Å². The van der Waals surface area contributed by atoms with Crippen LogP contribution >= 0.6 is 0 Å². The van der Waals surface area contributed by atoms with Gasteiger partial charge in [0.15, 0.2) is 17.2 Å². The molecule has 0 atom stereocenters. The lowest BCUT2D eigenvalue weighted by Gasteiger charge is -2.14. The van der Waals surface area contributed by atoms with Gasteiger partial charge in [0.1, 0.15) is 0 Å². The molecule has 1 amide bonds. The van der Waals surface area contributed by atoms with Gasteiger partial charge in [-0.3, -0.25) is 9.59 Å². The highest BCUT2D eigenvalue weighted by Gasteiger charge is 2.33. The number of para-hydroxylation sites is 1. The maximum atomic E-state index is 12.8. The zero-order valence-electron chi connectivity index (χ0n) is 17.3. The number of benzene rings is 2. The van der Waals surface area contributed by atoms with Gasteiger partial charge in [-0.05, 0) is 24.6 Å². The van der Waals surface area contributed by atoms with Gasteiger partial charge in [-0.25, -0.2) is 0 Å². The van der Waals surface area contributed by atoms with E-state index in [-0.39, 0.29) is 11.7 Å². The largest absolute Gasteiger partial charge is 0.493 e. The molecule has 0 bridgehead atoms. The minimum absolute atomic E-state index is 0.171.